The van der Waals surface area contributed by atoms with Crippen LogP contribution in [-0.4, -0.2) is 19.7 Å². The third-order valence-electron chi connectivity index (χ3n) is 3.08. The summed E-state index contributed by atoms with van der Waals surface area (Å²) in [6.45, 7) is 0.678. The molecule has 1 aliphatic rings. The van der Waals surface area contributed by atoms with Gasteiger partial charge in [0, 0.05) is 25.2 Å². The van der Waals surface area contributed by atoms with Gasteiger partial charge in [-0.3, -0.25) is 4.68 Å². The van der Waals surface area contributed by atoms with Crippen molar-refractivity contribution in [2.75, 3.05) is 11.1 Å². The highest BCUT2D eigenvalue weighted by Crippen LogP contribution is 2.38. The summed E-state index contributed by atoms with van der Waals surface area (Å²) in [6, 6.07) is 3.74. The molecule has 1 aliphatic carbocycles. The first-order chi connectivity index (χ1) is 8.72. The molecule has 0 aliphatic heterocycles. The topological polar surface area (TPSA) is 81.7 Å². The number of nitrogens with two attached hydrogens (primary N) is 1. The highest BCUT2D eigenvalue weighted by molar-refractivity contribution is 5.45. The fourth-order valence-corrected chi connectivity index (χ4v) is 1.86. The SMILES string of the molecule is Cn1nccc1CNc1cc(N)nc(C2CC2)n1. The minimum Gasteiger partial charge on any atom is -0.384 e. The summed E-state index contributed by atoms with van der Waals surface area (Å²) in [5, 5.41) is 7.38. The summed E-state index contributed by atoms with van der Waals surface area (Å²) < 4.78 is 1.83. The zero-order valence-corrected chi connectivity index (χ0v) is 10.3. The summed E-state index contributed by atoms with van der Waals surface area (Å²) in [5.41, 5.74) is 6.89. The van der Waals surface area contributed by atoms with E-state index in [0.717, 1.165) is 17.3 Å². The van der Waals surface area contributed by atoms with E-state index in [4.69, 9.17) is 5.73 Å². The van der Waals surface area contributed by atoms with E-state index in [1.165, 1.54) is 12.8 Å². The highest BCUT2D eigenvalue weighted by atomic mass is 15.3. The molecule has 0 bridgehead atoms. The lowest BCUT2D eigenvalue weighted by atomic mass is 10.3. The molecule has 0 atom stereocenters. The molecule has 1 saturated carbocycles. The van der Waals surface area contributed by atoms with Gasteiger partial charge in [-0.25, -0.2) is 9.97 Å². The third kappa shape index (κ3) is 2.27. The van der Waals surface area contributed by atoms with Crippen molar-refractivity contribution in [1.29, 1.82) is 0 Å². The van der Waals surface area contributed by atoms with E-state index in [-0.39, 0.29) is 0 Å². The second-order valence-electron chi connectivity index (χ2n) is 4.61. The summed E-state index contributed by atoms with van der Waals surface area (Å²) in [6.07, 6.45) is 4.12. The van der Waals surface area contributed by atoms with Crippen LogP contribution < -0.4 is 11.1 Å². The predicted octanol–water partition coefficient (Wildman–Crippen LogP) is 1.28. The van der Waals surface area contributed by atoms with Crippen LogP contribution in [0.25, 0.3) is 0 Å². The number of hydrogen-bond donors (Lipinski definition) is 2. The lowest BCUT2D eigenvalue weighted by Gasteiger charge is -2.08. The number of aryl methyl sites for hydroxylation is 1. The molecule has 6 heteroatoms. The molecule has 6 nitrogen and oxygen atoms in total. The molecule has 0 amide bonds. The van der Waals surface area contributed by atoms with Gasteiger partial charge in [0.15, 0.2) is 0 Å². The first kappa shape index (κ1) is 11.0. The third-order valence-corrected chi connectivity index (χ3v) is 3.08. The van der Waals surface area contributed by atoms with Gasteiger partial charge in [-0.05, 0) is 18.9 Å². The Kier molecular flexibility index (Phi) is 2.62. The van der Waals surface area contributed by atoms with Crippen LogP contribution in [-0.2, 0) is 13.6 Å². The van der Waals surface area contributed by atoms with E-state index in [1.54, 1.807) is 12.3 Å². The first-order valence-electron chi connectivity index (χ1n) is 6.07. The zero-order chi connectivity index (χ0) is 12.5. The molecule has 3 rings (SSSR count). The smallest absolute Gasteiger partial charge is 0.136 e. The minimum atomic E-state index is 0.505. The molecular formula is C12H16N6. The number of nitrogens with one attached hydrogen (secondary N) is 1. The normalized spacial score (nSPS) is 14.7. The standard InChI is InChI=1S/C12H16N6/c1-18-9(4-5-15-18)7-14-11-6-10(13)16-12(17-11)8-2-3-8/h4-6,8H,2-3,7H2,1H3,(H3,13,14,16,17). The Bertz CT molecular complexity index is 557. The lowest BCUT2D eigenvalue weighted by molar-refractivity contribution is 0.719. The molecule has 18 heavy (non-hydrogen) atoms. The minimum absolute atomic E-state index is 0.505. The second kappa shape index (κ2) is 4.29. The molecule has 1 fully saturated rings. The molecule has 3 N–H and O–H groups in total. The lowest BCUT2D eigenvalue weighted by Crippen LogP contribution is -2.08. The van der Waals surface area contributed by atoms with Crippen molar-refractivity contribution >= 4 is 11.6 Å². The number of rotatable bonds is 4. The van der Waals surface area contributed by atoms with Crippen molar-refractivity contribution in [2.45, 2.75) is 25.3 Å². The summed E-state index contributed by atoms with van der Waals surface area (Å²) in [7, 11) is 1.92. The fraction of sp³-hybridized carbons (Fsp3) is 0.417. The molecule has 0 unspecified atom stereocenters. The van der Waals surface area contributed by atoms with Gasteiger partial charge in [0.2, 0.25) is 0 Å². The quantitative estimate of drug-likeness (QED) is 0.846. The van der Waals surface area contributed by atoms with E-state index in [1.807, 2.05) is 17.8 Å². The van der Waals surface area contributed by atoms with E-state index >= 15 is 0 Å². The number of hydrogen-bond acceptors (Lipinski definition) is 5. The maximum absolute atomic E-state index is 5.80. The van der Waals surface area contributed by atoms with Gasteiger partial charge >= 0.3 is 0 Å². The monoisotopic (exact) mass is 244 g/mol. The summed E-state index contributed by atoms with van der Waals surface area (Å²) >= 11 is 0. The van der Waals surface area contributed by atoms with Crippen molar-refractivity contribution in [3.63, 3.8) is 0 Å². The van der Waals surface area contributed by atoms with Crippen LogP contribution >= 0.6 is 0 Å². The van der Waals surface area contributed by atoms with Crippen LogP contribution in [0.15, 0.2) is 18.3 Å². The van der Waals surface area contributed by atoms with E-state index in [2.05, 4.69) is 20.4 Å². The van der Waals surface area contributed by atoms with E-state index < -0.39 is 0 Å². The predicted molar refractivity (Wildman–Crippen MR) is 69.0 cm³/mol. The number of nitrogens with zero attached hydrogens (tertiary/aromatic N) is 4. The van der Waals surface area contributed by atoms with Crippen molar-refractivity contribution < 1.29 is 0 Å². The average molecular weight is 244 g/mol. The summed E-state index contributed by atoms with van der Waals surface area (Å²) in [5.74, 6) is 2.68. The number of anilines is 2. The van der Waals surface area contributed by atoms with Crippen molar-refractivity contribution in [3.8, 4) is 0 Å². The van der Waals surface area contributed by atoms with Gasteiger partial charge in [0.1, 0.15) is 17.5 Å². The molecule has 2 heterocycles. The fourth-order valence-electron chi connectivity index (χ4n) is 1.86. The van der Waals surface area contributed by atoms with E-state index in [0.29, 0.717) is 18.3 Å². The van der Waals surface area contributed by atoms with Gasteiger partial charge in [-0.15, -0.1) is 0 Å². The molecule has 0 aromatic carbocycles. The molecular weight excluding hydrogens is 228 g/mol. The number of aromatic nitrogens is 4. The first-order valence-corrected chi connectivity index (χ1v) is 6.07. The van der Waals surface area contributed by atoms with Crippen LogP contribution in [0.3, 0.4) is 0 Å². The van der Waals surface area contributed by atoms with Gasteiger partial charge in [-0.1, -0.05) is 0 Å². The van der Waals surface area contributed by atoms with Crippen LogP contribution in [0.2, 0.25) is 0 Å². The Morgan fingerprint density at radius 3 is 2.94 bits per heavy atom. The molecule has 2 aromatic rings. The Balaban J connectivity index is 1.74. The summed E-state index contributed by atoms with van der Waals surface area (Å²) in [4.78, 5) is 8.76. The van der Waals surface area contributed by atoms with Crippen LogP contribution in [0.4, 0.5) is 11.6 Å². The Morgan fingerprint density at radius 2 is 2.28 bits per heavy atom. The van der Waals surface area contributed by atoms with Crippen LogP contribution in [0, 0.1) is 0 Å². The second-order valence-corrected chi connectivity index (χ2v) is 4.61. The molecule has 2 aromatic heterocycles. The van der Waals surface area contributed by atoms with Crippen LogP contribution in [0.1, 0.15) is 30.3 Å². The van der Waals surface area contributed by atoms with Gasteiger partial charge in [0.25, 0.3) is 0 Å². The van der Waals surface area contributed by atoms with Crippen LogP contribution in [0.5, 0.6) is 0 Å². The largest absolute Gasteiger partial charge is 0.384 e. The number of nitrogen functional groups attached to an aromatic ring is 1. The van der Waals surface area contributed by atoms with Crippen molar-refractivity contribution in [1.82, 2.24) is 19.7 Å². The van der Waals surface area contributed by atoms with Crippen molar-refractivity contribution in [3.05, 3.63) is 29.8 Å². The zero-order valence-electron chi connectivity index (χ0n) is 10.3. The molecule has 0 radical (unpaired) electrons. The van der Waals surface area contributed by atoms with Gasteiger partial charge < -0.3 is 11.1 Å². The Hall–Kier alpha value is -2.11. The maximum Gasteiger partial charge on any atom is 0.136 e. The van der Waals surface area contributed by atoms with Gasteiger partial charge in [-0.2, -0.15) is 5.10 Å². The molecule has 94 valence electrons. The average Bonchev–Trinajstić information content (AvgIpc) is 3.11. The van der Waals surface area contributed by atoms with Gasteiger partial charge in [0.05, 0.1) is 12.2 Å². The Labute approximate surface area is 105 Å². The molecule has 0 saturated heterocycles. The van der Waals surface area contributed by atoms with Crippen molar-refractivity contribution in [2.24, 2.45) is 7.05 Å². The Morgan fingerprint density at radius 1 is 1.44 bits per heavy atom. The maximum atomic E-state index is 5.80. The molecule has 0 spiro atoms. The van der Waals surface area contributed by atoms with E-state index in [9.17, 15) is 0 Å². The highest BCUT2D eigenvalue weighted by Gasteiger charge is 2.27.